The summed E-state index contributed by atoms with van der Waals surface area (Å²) in [5.41, 5.74) is 5.21. The molecule has 0 fully saturated rings. The van der Waals surface area contributed by atoms with Gasteiger partial charge in [-0.1, -0.05) is 11.8 Å². The Kier molecular flexibility index (Phi) is 5.38. The van der Waals surface area contributed by atoms with E-state index in [1.165, 1.54) is 0 Å². The monoisotopic (exact) mass is 254 g/mol. The van der Waals surface area contributed by atoms with Crippen molar-refractivity contribution in [2.75, 3.05) is 12.3 Å². The van der Waals surface area contributed by atoms with Gasteiger partial charge in [-0.15, -0.1) is 5.10 Å². The van der Waals surface area contributed by atoms with E-state index >= 15 is 0 Å². The van der Waals surface area contributed by atoms with Crippen molar-refractivity contribution in [3.05, 3.63) is 0 Å². The van der Waals surface area contributed by atoms with Crippen molar-refractivity contribution in [3.63, 3.8) is 0 Å². The molecule has 6 nitrogen and oxygen atoms in total. The van der Waals surface area contributed by atoms with Crippen LogP contribution in [-0.2, 0) is 6.54 Å². The van der Waals surface area contributed by atoms with Crippen molar-refractivity contribution in [1.82, 2.24) is 20.2 Å². The average molecular weight is 254 g/mol. The van der Waals surface area contributed by atoms with E-state index in [0.29, 0.717) is 13.1 Å². The number of nitriles is 1. The van der Waals surface area contributed by atoms with Gasteiger partial charge < -0.3 is 5.73 Å². The molecule has 0 radical (unpaired) electrons. The smallest absolute Gasteiger partial charge is 0.209 e. The molecule has 17 heavy (non-hydrogen) atoms. The molecule has 1 aromatic rings. The SMILES string of the molecule is CC(C)(C#N)CCCSc1nnnn1CCN. The van der Waals surface area contributed by atoms with Gasteiger partial charge in [0, 0.05) is 12.3 Å². The van der Waals surface area contributed by atoms with Gasteiger partial charge in [0.25, 0.3) is 0 Å². The van der Waals surface area contributed by atoms with Crippen molar-refractivity contribution < 1.29 is 0 Å². The highest BCUT2D eigenvalue weighted by Crippen LogP contribution is 2.23. The summed E-state index contributed by atoms with van der Waals surface area (Å²) in [6.07, 6.45) is 1.86. The molecule has 0 saturated carbocycles. The zero-order valence-electron chi connectivity index (χ0n) is 10.3. The molecule has 0 amide bonds. The second-order valence-electron chi connectivity index (χ2n) is 4.42. The van der Waals surface area contributed by atoms with E-state index in [9.17, 15) is 0 Å². The average Bonchev–Trinajstić information content (AvgIpc) is 2.73. The third kappa shape index (κ3) is 4.71. The van der Waals surface area contributed by atoms with Crippen LogP contribution in [0.4, 0.5) is 0 Å². The first-order chi connectivity index (χ1) is 8.09. The van der Waals surface area contributed by atoms with Gasteiger partial charge in [-0.25, -0.2) is 4.68 Å². The lowest BCUT2D eigenvalue weighted by atomic mass is 9.90. The number of nitrogens with zero attached hydrogens (tertiary/aromatic N) is 5. The van der Waals surface area contributed by atoms with Crippen LogP contribution in [0.1, 0.15) is 26.7 Å². The lowest BCUT2D eigenvalue weighted by Crippen LogP contribution is -2.12. The maximum absolute atomic E-state index is 8.88. The Balaban J connectivity index is 2.31. The van der Waals surface area contributed by atoms with Crippen LogP contribution in [0.2, 0.25) is 0 Å². The van der Waals surface area contributed by atoms with Crippen molar-refractivity contribution in [2.24, 2.45) is 11.1 Å². The van der Waals surface area contributed by atoms with Crippen LogP contribution in [0.15, 0.2) is 5.16 Å². The van der Waals surface area contributed by atoms with Crippen LogP contribution in [0, 0.1) is 16.7 Å². The van der Waals surface area contributed by atoms with E-state index in [2.05, 4.69) is 21.6 Å². The van der Waals surface area contributed by atoms with Crippen molar-refractivity contribution >= 4 is 11.8 Å². The van der Waals surface area contributed by atoms with Crippen LogP contribution in [0.3, 0.4) is 0 Å². The Morgan fingerprint density at radius 3 is 2.94 bits per heavy atom. The summed E-state index contributed by atoms with van der Waals surface area (Å²) in [6.45, 7) is 5.07. The minimum atomic E-state index is -0.246. The molecule has 0 spiro atoms. The Labute approximate surface area is 106 Å². The molecule has 0 saturated heterocycles. The van der Waals surface area contributed by atoms with Crippen LogP contribution in [-0.4, -0.2) is 32.5 Å². The summed E-state index contributed by atoms with van der Waals surface area (Å²) in [7, 11) is 0. The van der Waals surface area contributed by atoms with Crippen molar-refractivity contribution in [1.29, 1.82) is 5.26 Å². The Morgan fingerprint density at radius 2 is 2.29 bits per heavy atom. The van der Waals surface area contributed by atoms with E-state index in [1.54, 1.807) is 16.4 Å². The molecule has 94 valence electrons. The number of hydrogen-bond donors (Lipinski definition) is 1. The zero-order valence-corrected chi connectivity index (χ0v) is 11.1. The van der Waals surface area contributed by atoms with Gasteiger partial charge in [-0.3, -0.25) is 0 Å². The molecular weight excluding hydrogens is 236 g/mol. The van der Waals surface area contributed by atoms with E-state index in [4.69, 9.17) is 11.0 Å². The molecule has 0 unspecified atom stereocenters. The Bertz CT molecular complexity index is 380. The highest BCUT2D eigenvalue weighted by Gasteiger charge is 2.16. The van der Waals surface area contributed by atoms with Crippen LogP contribution >= 0.6 is 11.8 Å². The zero-order chi connectivity index (χ0) is 12.7. The minimum absolute atomic E-state index is 0.246. The van der Waals surface area contributed by atoms with Gasteiger partial charge in [0.2, 0.25) is 5.16 Å². The van der Waals surface area contributed by atoms with E-state index in [-0.39, 0.29) is 5.41 Å². The van der Waals surface area contributed by atoms with Crippen LogP contribution in [0.25, 0.3) is 0 Å². The first kappa shape index (κ1) is 13.9. The summed E-state index contributed by atoms with van der Waals surface area (Å²) in [6, 6.07) is 2.30. The van der Waals surface area contributed by atoms with E-state index < -0.39 is 0 Å². The second-order valence-corrected chi connectivity index (χ2v) is 5.48. The van der Waals surface area contributed by atoms with Gasteiger partial charge in [-0.05, 0) is 37.1 Å². The summed E-state index contributed by atoms with van der Waals surface area (Å²) in [5, 5.41) is 21.1. The van der Waals surface area contributed by atoms with Gasteiger partial charge in [0.15, 0.2) is 0 Å². The number of thioether (sulfide) groups is 1. The van der Waals surface area contributed by atoms with Gasteiger partial charge in [-0.2, -0.15) is 5.26 Å². The van der Waals surface area contributed by atoms with Crippen LogP contribution in [0.5, 0.6) is 0 Å². The highest BCUT2D eigenvalue weighted by molar-refractivity contribution is 7.99. The summed E-state index contributed by atoms with van der Waals surface area (Å²) in [4.78, 5) is 0. The number of tetrazole rings is 1. The molecule has 0 aliphatic heterocycles. The molecule has 1 heterocycles. The molecule has 1 aromatic heterocycles. The van der Waals surface area contributed by atoms with Gasteiger partial charge >= 0.3 is 0 Å². The topological polar surface area (TPSA) is 93.4 Å². The largest absolute Gasteiger partial charge is 0.329 e. The molecular formula is C10H18N6S. The molecule has 0 aliphatic carbocycles. The first-order valence-electron chi connectivity index (χ1n) is 5.59. The molecule has 0 atom stereocenters. The summed E-state index contributed by atoms with van der Waals surface area (Å²) < 4.78 is 1.71. The number of hydrogen-bond acceptors (Lipinski definition) is 6. The first-order valence-corrected chi connectivity index (χ1v) is 6.58. The maximum Gasteiger partial charge on any atom is 0.209 e. The fraction of sp³-hybridized carbons (Fsp3) is 0.800. The number of rotatable bonds is 7. The second kappa shape index (κ2) is 6.57. The van der Waals surface area contributed by atoms with Gasteiger partial charge in [0.1, 0.15) is 0 Å². The third-order valence-corrected chi connectivity index (χ3v) is 3.36. The molecule has 1 rings (SSSR count). The van der Waals surface area contributed by atoms with Crippen molar-refractivity contribution in [3.8, 4) is 6.07 Å². The number of nitrogens with two attached hydrogens (primary N) is 1. The summed E-state index contributed by atoms with van der Waals surface area (Å²) in [5.74, 6) is 0.913. The Morgan fingerprint density at radius 1 is 1.53 bits per heavy atom. The predicted octanol–water partition coefficient (Wildman–Crippen LogP) is 1.05. The normalized spacial score (nSPS) is 11.4. The lowest BCUT2D eigenvalue weighted by molar-refractivity contribution is 0.447. The number of aromatic nitrogens is 4. The molecule has 0 aliphatic rings. The fourth-order valence-electron chi connectivity index (χ4n) is 1.30. The molecule has 2 N–H and O–H groups in total. The fourth-order valence-corrected chi connectivity index (χ4v) is 2.14. The van der Waals surface area contributed by atoms with E-state index in [1.807, 2.05) is 13.8 Å². The summed E-state index contributed by atoms with van der Waals surface area (Å²) >= 11 is 1.61. The van der Waals surface area contributed by atoms with E-state index in [0.717, 1.165) is 23.8 Å². The quantitative estimate of drug-likeness (QED) is 0.577. The van der Waals surface area contributed by atoms with Gasteiger partial charge in [0.05, 0.1) is 18.0 Å². The highest BCUT2D eigenvalue weighted by atomic mass is 32.2. The predicted molar refractivity (Wildman–Crippen MR) is 66.2 cm³/mol. The maximum atomic E-state index is 8.88. The minimum Gasteiger partial charge on any atom is -0.329 e. The Hall–Kier alpha value is -1.13. The van der Waals surface area contributed by atoms with Crippen LogP contribution < -0.4 is 5.73 Å². The molecule has 0 aromatic carbocycles. The molecule has 0 bridgehead atoms. The molecule has 7 heteroatoms. The lowest BCUT2D eigenvalue weighted by Gasteiger charge is -2.13. The van der Waals surface area contributed by atoms with Crippen molar-refractivity contribution in [2.45, 2.75) is 38.4 Å². The third-order valence-electron chi connectivity index (χ3n) is 2.32. The standard InChI is InChI=1S/C10H18N6S/c1-10(2,8-12)4-3-7-17-9-13-14-15-16(9)6-5-11/h3-7,11H2,1-2H3.